The minimum Gasteiger partial charge on any atom is -0.492 e. The molecule has 1 saturated heterocycles. The Morgan fingerprint density at radius 1 is 1.26 bits per heavy atom. The first-order chi connectivity index (χ1) is 20.4. The zero-order valence-corrected chi connectivity index (χ0v) is 24.5. The van der Waals surface area contributed by atoms with E-state index in [-0.39, 0.29) is 58.4 Å². The number of hydrogen-bond donors (Lipinski definition) is 4. The number of H-pyrrole nitrogens is 1. The Kier molecular flexibility index (Phi) is 7.39. The van der Waals surface area contributed by atoms with Crippen LogP contribution in [0.2, 0.25) is 0 Å². The van der Waals surface area contributed by atoms with Gasteiger partial charge in [-0.2, -0.15) is 4.98 Å². The molecule has 0 bridgehead atoms. The lowest BCUT2D eigenvalue weighted by molar-refractivity contribution is -0.0456. The molecule has 3 aliphatic rings. The monoisotopic (exact) mass is 618 g/mol. The molecule has 1 fully saturated rings. The molecule has 230 valence electrons. The number of ketones is 2. The molecular weight excluding hydrogens is 587 g/mol. The Hall–Kier alpha value is -3.66. The molecule has 0 radical (unpaired) electrons. The normalized spacial score (nSPS) is 25.5. The minimum absolute atomic E-state index is 0.0104. The van der Waals surface area contributed by atoms with Crippen molar-refractivity contribution < 1.29 is 42.7 Å². The number of methoxy groups -OCH3 is 1. The van der Waals surface area contributed by atoms with Crippen LogP contribution in [0.4, 0.5) is 5.95 Å². The van der Waals surface area contributed by atoms with Gasteiger partial charge in [0.15, 0.2) is 16.9 Å². The second-order valence-corrected chi connectivity index (χ2v) is 12.2. The van der Waals surface area contributed by atoms with Gasteiger partial charge in [0.05, 0.1) is 37.8 Å². The molecule has 0 spiro atoms. The number of phosphoric acid groups is 1. The van der Waals surface area contributed by atoms with Gasteiger partial charge in [-0.05, 0) is 32.3 Å². The number of nitrogens with two attached hydrogens (primary N) is 1. The van der Waals surface area contributed by atoms with Crippen LogP contribution in [0.25, 0.3) is 11.2 Å². The number of allylic oxidation sites excluding steroid dienone is 2. The molecule has 3 aromatic rings. The van der Waals surface area contributed by atoms with Gasteiger partial charge < -0.3 is 29.8 Å². The third kappa shape index (κ3) is 5.03. The largest absolute Gasteiger partial charge is 0.492 e. The van der Waals surface area contributed by atoms with Crippen LogP contribution in [0.5, 0.6) is 0 Å². The Balaban J connectivity index is 1.13. The van der Waals surface area contributed by atoms with E-state index in [0.717, 1.165) is 0 Å². The molecule has 17 heteroatoms. The van der Waals surface area contributed by atoms with Crippen LogP contribution < -0.4 is 11.3 Å². The van der Waals surface area contributed by atoms with Crippen molar-refractivity contribution in [2.24, 2.45) is 0 Å². The summed E-state index contributed by atoms with van der Waals surface area (Å²) >= 11 is 0. The molecule has 5 atom stereocenters. The number of nitrogens with zero attached hydrogens (tertiary/aromatic N) is 4. The topological polar surface area (TPSA) is 223 Å². The van der Waals surface area contributed by atoms with E-state index in [0.29, 0.717) is 36.3 Å². The van der Waals surface area contributed by atoms with Gasteiger partial charge in [-0.3, -0.25) is 33.0 Å². The zero-order valence-electron chi connectivity index (χ0n) is 23.6. The lowest BCUT2D eigenvalue weighted by Crippen LogP contribution is -2.26. The summed E-state index contributed by atoms with van der Waals surface area (Å²) in [5.74, 6) is -0.762. The highest BCUT2D eigenvalue weighted by atomic mass is 31.2. The SMILES string of the molecule is COC1=C(C)C(=O)c2c(c(C)c3n2CCCC(OP(=O)(O)OC[C@H]2O[C@@H](n4cnc5c(=O)[nH]c(N)nc54)C[C@@H]2O)C3)C1=O. The Bertz CT molecular complexity index is 1790. The molecule has 6 rings (SSSR count). The average molecular weight is 619 g/mol. The van der Waals surface area contributed by atoms with E-state index < -0.39 is 44.5 Å². The van der Waals surface area contributed by atoms with Gasteiger partial charge in [0.25, 0.3) is 5.56 Å². The van der Waals surface area contributed by atoms with Crippen LogP contribution in [-0.4, -0.2) is 77.7 Å². The van der Waals surface area contributed by atoms with Crippen LogP contribution in [-0.2, 0) is 36.1 Å². The van der Waals surface area contributed by atoms with Crippen LogP contribution in [0.15, 0.2) is 22.5 Å². The van der Waals surface area contributed by atoms with E-state index in [1.807, 2.05) is 0 Å². The van der Waals surface area contributed by atoms with Crippen LogP contribution in [0.3, 0.4) is 0 Å². The Labute approximate surface area is 244 Å². The number of aliphatic hydroxyl groups is 1. The van der Waals surface area contributed by atoms with Gasteiger partial charge in [0.1, 0.15) is 18.0 Å². The number of phosphoric ester groups is 1. The van der Waals surface area contributed by atoms with E-state index in [1.54, 1.807) is 18.4 Å². The highest BCUT2D eigenvalue weighted by molar-refractivity contribution is 7.47. The maximum absolute atomic E-state index is 13.2. The second-order valence-electron chi connectivity index (χ2n) is 10.8. The number of aliphatic hydroxyl groups excluding tert-OH is 1. The van der Waals surface area contributed by atoms with E-state index in [9.17, 15) is 28.9 Å². The molecule has 43 heavy (non-hydrogen) atoms. The molecular formula is C26H31N6O10P. The van der Waals surface area contributed by atoms with Crippen LogP contribution in [0.1, 0.15) is 64.5 Å². The van der Waals surface area contributed by atoms with Crippen molar-refractivity contribution in [1.29, 1.82) is 0 Å². The van der Waals surface area contributed by atoms with Crippen molar-refractivity contribution in [2.45, 2.75) is 70.6 Å². The maximum Gasteiger partial charge on any atom is 0.472 e. The predicted molar refractivity (Wildman–Crippen MR) is 148 cm³/mol. The smallest absolute Gasteiger partial charge is 0.472 e. The lowest BCUT2D eigenvalue weighted by atomic mass is 9.91. The molecule has 0 aromatic carbocycles. The van der Waals surface area contributed by atoms with Gasteiger partial charge in [0.2, 0.25) is 17.5 Å². The summed E-state index contributed by atoms with van der Waals surface area (Å²) in [5, 5.41) is 10.6. The van der Waals surface area contributed by atoms with Gasteiger partial charge in [-0.25, -0.2) is 9.55 Å². The van der Waals surface area contributed by atoms with Gasteiger partial charge in [0, 0.05) is 30.7 Å². The molecule has 5 heterocycles. The quantitative estimate of drug-likeness (QED) is 0.274. The lowest BCUT2D eigenvalue weighted by Gasteiger charge is -2.22. The number of rotatable bonds is 7. The fourth-order valence-electron chi connectivity index (χ4n) is 6.09. The Morgan fingerprint density at radius 2 is 2.02 bits per heavy atom. The number of fused-ring (bicyclic) bond motifs is 4. The van der Waals surface area contributed by atoms with E-state index in [4.69, 9.17) is 24.3 Å². The van der Waals surface area contributed by atoms with Crippen molar-refractivity contribution >= 4 is 36.5 Å². The number of Topliss-reactive ketones (excluding diaryl/α,β-unsaturated/α-hetero) is 2. The number of imidazole rings is 1. The molecule has 0 saturated carbocycles. The summed E-state index contributed by atoms with van der Waals surface area (Å²) in [5.41, 5.74) is 7.41. The van der Waals surface area contributed by atoms with E-state index >= 15 is 0 Å². The first kappa shape index (κ1) is 29.4. The summed E-state index contributed by atoms with van der Waals surface area (Å²) in [7, 11) is -3.28. The molecule has 0 amide bonds. The number of nitrogens with one attached hydrogen (secondary N) is 1. The summed E-state index contributed by atoms with van der Waals surface area (Å²) in [4.78, 5) is 59.4. The van der Waals surface area contributed by atoms with Gasteiger partial charge in [-0.1, -0.05) is 0 Å². The number of carbonyl (C=O) groups excluding carboxylic acids is 2. The molecule has 3 aromatic heterocycles. The third-order valence-corrected chi connectivity index (χ3v) is 9.19. The summed E-state index contributed by atoms with van der Waals surface area (Å²) in [6, 6.07) is 0. The highest BCUT2D eigenvalue weighted by Gasteiger charge is 2.41. The number of nitrogen functional groups attached to an aromatic ring is 1. The van der Waals surface area contributed by atoms with Crippen molar-refractivity contribution in [3.05, 3.63) is 50.5 Å². The number of aromatic amines is 1. The number of carbonyl (C=O) groups is 2. The molecule has 1 aliphatic carbocycles. The minimum atomic E-state index is -4.63. The molecule has 16 nitrogen and oxygen atoms in total. The molecule has 5 N–H and O–H groups in total. The maximum atomic E-state index is 13.2. The summed E-state index contributed by atoms with van der Waals surface area (Å²) < 4.78 is 38.1. The predicted octanol–water partition coefficient (Wildman–Crippen LogP) is 1.30. The summed E-state index contributed by atoms with van der Waals surface area (Å²) in [6.07, 6.45) is -1.09. The van der Waals surface area contributed by atoms with Crippen molar-refractivity contribution in [2.75, 3.05) is 19.5 Å². The van der Waals surface area contributed by atoms with Crippen molar-refractivity contribution in [3.8, 4) is 0 Å². The first-order valence-electron chi connectivity index (χ1n) is 13.7. The molecule has 2 unspecified atom stereocenters. The fraction of sp³-hybridized carbons (Fsp3) is 0.500. The zero-order chi connectivity index (χ0) is 30.8. The van der Waals surface area contributed by atoms with Gasteiger partial charge in [-0.15, -0.1) is 0 Å². The average Bonchev–Trinajstić information content (AvgIpc) is 3.56. The van der Waals surface area contributed by atoms with Crippen molar-refractivity contribution in [3.63, 3.8) is 0 Å². The highest BCUT2D eigenvalue weighted by Crippen LogP contribution is 2.47. The van der Waals surface area contributed by atoms with E-state index in [1.165, 1.54) is 18.0 Å². The van der Waals surface area contributed by atoms with Crippen molar-refractivity contribution in [1.82, 2.24) is 24.1 Å². The van der Waals surface area contributed by atoms with Gasteiger partial charge >= 0.3 is 7.82 Å². The fourth-order valence-corrected chi connectivity index (χ4v) is 7.04. The standard InChI is InChI=1S/C26H31N6O10P/c1-11-14-7-13(5-4-6-31(14)20-18(11)22(35)23(39-3)12(2)21(20)34)42-43(37,38)40-9-16-15(33)8-17(41-16)32-10-28-19-24(32)29-26(27)30-25(19)36/h10,13,15-17,33H,4-9H2,1-3H3,(H,37,38)(H3,27,29,30,36)/t13?,15-,16+,17+/m0/s1. The van der Waals surface area contributed by atoms with E-state index in [2.05, 4.69) is 15.0 Å². The Morgan fingerprint density at radius 3 is 2.77 bits per heavy atom. The number of ether oxygens (including phenoxy) is 2. The molecule has 2 aliphatic heterocycles. The van der Waals surface area contributed by atoms with Crippen LogP contribution >= 0.6 is 7.82 Å². The number of hydrogen-bond acceptors (Lipinski definition) is 12. The number of aromatic nitrogens is 5. The first-order valence-corrected chi connectivity index (χ1v) is 15.2. The second kappa shape index (κ2) is 10.8. The summed E-state index contributed by atoms with van der Waals surface area (Å²) in [6.45, 7) is 3.26. The third-order valence-electron chi connectivity index (χ3n) is 8.15. The van der Waals surface area contributed by atoms with Crippen LogP contribution in [0, 0.1) is 6.92 Å². The number of anilines is 1.